The smallest absolute Gasteiger partial charge is 0.287 e. The molecule has 3 aromatic rings. The minimum Gasteiger partial charge on any atom is -0.494 e. The number of carbonyl (C=O) groups is 2. The second kappa shape index (κ2) is 9.36. The van der Waals surface area contributed by atoms with Crippen LogP contribution in [0.5, 0.6) is 5.75 Å². The van der Waals surface area contributed by atoms with Gasteiger partial charge in [-0.25, -0.2) is 0 Å². The van der Waals surface area contributed by atoms with E-state index in [9.17, 15) is 9.59 Å². The minimum atomic E-state index is -0.459. The van der Waals surface area contributed by atoms with Crippen LogP contribution in [0, 0.1) is 6.92 Å². The van der Waals surface area contributed by atoms with Crippen LogP contribution in [0.15, 0.2) is 60.7 Å². The summed E-state index contributed by atoms with van der Waals surface area (Å²) < 4.78 is 5.57. The molecule has 0 aliphatic rings. The van der Waals surface area contributed by atoms with Gasteiger partial charge in [-0.3, -0.25) is 25.5 Å². The highest BCUT2D eigenvalue weighted by molar-refractivity contribution is 5.94. The van der Waals surface area contributed by atoms with Crippen molar-refractivity contribution in [3.8, 4) is 17.0 Å². The van der Waals surface area contributed by atoms with Gasteiger partial charge in [0.25, 0.3) is 5.91 Å². The zero-order chi connectivity index (χ0) is 19.8. The number of hydrogen-bond donors (Lipinski definition) is 3. The molecule has 2 amide bonds. The van der Waals surface area contributed by atoms with E-state index in [2.05, 4.69) is 21.0 Å². The number of ether oxygens (including phenoxy) is 1. The zero-order valence-electron chi connectivity index (χ0n) is 15.6. The van der Waals surface area contributed by atoms with Gasteiger partial charge in [0.15, 0.2) is 0 Å². The van der Waals surface area contributed by atoms with Crippen LogP contribution in [0.2, 0.25) is 0 Å². The first-order chi connectivity index (χ1) is 13.6. The first-order valence-electron chi connectivity index (χ1n) is 9.01. The molecule has 0 aliphatic heterocycles. The molecular weight excluding hydrogens is 356 g/mol. The molecule has 3 N–H and O–H groups in total. The largest absolute Gasteiger partial charge is 0.494 e. The fourth-order valence-electron chi connectivity index (χ4n) is 2.51. The molecule has 0 fully saturated rings. The number of H-pyrrole nitrogens is 1. The van der Waals surface area contributed by atoms with Crippen LogP contribution < -0.4 is 15.6 Å². The summed E-state index contributed by atoms with van der Waals surface area (Å²) in [5.41, 5.74) is 7.76. The van der Waals surface area contributed by atoms with Gasteiger partial charge in [-0.15, -0.1) is 0 Å². The number of hydrazine groups is 1. The van der Waals surface area contributed by atoms with Gasteiger partial charge in [-0.05, 0) is 31.5 Å². The summed E-state index contributed by atoms with van der Waals surface area (Å²) in [5.74, 6) is 0.0235. The summed E-state index contributed by atoms with van der Waals surface area (Å²) in [7, 11) is 0. The molecule has 1 aromatic heterocycles. The molecule has 0 unspecified atom stereocenters. The Labute approximate surface area is 163 Å². The summed E-state index contributed by atoms with van der Waals surface area (Å²) in [4.78, 5) is 24.0. The van der Waals surface area contributed by atoms with Crippen molar-refractivity contribution in [2.45, 2.75) is 19.8 Å². The standard InChI is InChI=1S/C21H22N4O3/c1-15-9-11-17(12-10-15)28-13-5-8-20(26)24-25-21(27)19-14-18(22-23-19)16-6-3-2-4-7-16/h2-4,6-7,9-12,14H,5,8,13H2,1H3,(H,22,23)(H,24,26)(H,25,27). The molecule has 0 saturated carbocycles. The quantitative estimate of drug-likeness (QED) is 0.435. The third kappa shape index (κ3) is 5.44. The number of aromatic nitrogens is 2. The Bertz CT molecular complexity index is 920. The van der Waals surface area contributed by atoms with E-state index in [4.69, 9.17) is 4.74 Å². The SMILES string of the molecule is Cc1ccc(OCCCC(=O)NNC(=O)c2cc(-c3ccccc3)n[nH]2)cc1. The van der Waals surface area contributed by atoms with Crippen LogP contribution in [0.3, 0.4) is 0 Å². The molecule has 0 radical (unpaired) electrons. The van der Waals surface area contributed by atoms with Gasteiger partial charge >= 0.3 is 0 Å². The minimum absolute atomic E-state index is 0.240. The van der Waals surface area contributed by atoms with E-state index in [0.717, 1.165) is 16.9 Å². The van der Waals surface area contributed by atoms with E-state index >= 15 is 0 Å². The lowest BCUT2D eigenvalue weighted by molar-refractivity contribution is -0.122. The third-order valence-electron chi connectivity index (χ3n) is 4.05. The maximum atomic E-state index is 12.1. The second-order valence-electron chi connectivity index (χ2n) is 6.30. The molecule has 0 atom stereocenters. The normalized spacial score (nSPS) is 10.3. The fourth-order valence-corrected chi connectivity index (χ4v) is 2.51. The van der Waals surface area contributed by atoms with Crippen molar-refractivity contribution in [3.63, 3.8) is 0 Å². The predicted octanol–water partition coefficient (Wildman–Crippen LogP) is 3.01. The Morgan fingerprint density at radius 2 is 1.79 bits per heavy atom. The molecule has 0 spiro atoms. The Morgan fingerprint density at radius 3 is 2.54 bits per heavy atom. The number of benzene rings is 2. The van der Waals surface area contributed by atoms with Crippen LogP contribution in [-0.2, 0) is 4.79 Å². The van der Waals surface area contributed by atoms with Gasteiger partial charge in [0.05, 0.1) is 12.3 Å². The molecule has 28 heavy (non-hydrogen) atoms. The lowest BCUT2D eigenvalue weighted by Crippen LogP contribution is -2.41. The van der Waals surface area contributed by atoms with Gasteiger partial charge in [0.2, 0.25) is 5.91 Å². The van der Waals surface area contributed by atoms with E-state index in [1.165, 1.54) is 0 Å². The molecule has 144 valence electrons. The van der Waals surface area contributed by atoms with Gasteiger partial charge in [-0.1, -0.05) is 48.0 Å². The molecule has 3 rings (SSSR count). The average molecular weight is 378 g/mol. The average Bonchev–Trinajstić information content (AvgIpc) is 3.22. The summed E-state index contributed by atoms with van der Waals surface area (Å²) in [6.07, 6.45) is 0.780. The Kier molecular flexibility index (Phi) is 6.41. The Balaban J connectivity index is 1.38. The van der Waals surface area contributed by atoms with E-state index in [1.54, 1.807) is 6.07 Å². The van der Waals surface area contributed by atoms with Crippen LogP contribution in [0.25, 0.3) is 11.3 Å². The van der Waals surface area contributed by atoms with E-state index in [-0.39, 0.29) is 18.0 Å². The predicted molar refractivity (Wildman–Crippen MR) is 106 cm³/mol. The summed E-state index contributed by atoms with van der Waals surface area (Å²) in [6.45, 7) is 2.43. The number of nitrogens with zero attached hydrogens (tertiary/aromatic N) is 1. The van der Waals surface area contributed by atoms with Crippen molar-refractivity contribution in [1.82, 2.24) is 21.0 Å². The summed E-state index contributed by atoms with van der Waals surface area (Å²) >= 11 is 0. The number of carbonyl (C=O) groups excluding carboxylic acids is 2. The lowest BCUT2D eigenvalue weighted by atomic mass is 10.1. The number of nitrogens with one attached hydrogen (secondary N) is 3. The third-order valence-corrected chi connectivity index (χ3v) is 4.05. The second-order valence-corrected chi connectivity index (χ2v) is 6.30. The monoisotopic (exact) mass is 378 g/mol. The first-order valence-corrected chi connectivity index (χ1v) is 9.01. The van der Waals surface area contributed by atoms with Crippen molar-refractivity contribution >= 4 is 11.8 Å². The highest BCUT2D eigenvalue weighted by Crippen LogP contribution is 2.16. The summed E-state index contributed by atoms with van der Waals surface area (Å²) in [6, 6.07) is 18.9. The van der Waals surface area contributed by atoms with Crippen molar-refractivity contribution in [3.05, 3.63) is 71.9 Å². The van der Waals surface area contributed by atoms with Crippen LogP contribution in [-0.4, -0.2) is 28.6 Å². The van der Waals surface area contributed by atoms with Gasteiger partial charge in [-0.2, -0.15) is 5.10 Å². The number of amides is 2. The van der Waals surface area contributed by atoms with Crippen molar-refractivity contribution in [2.24, 2.45) is 0 Å². The molecule has 0 bridgehead atoms. The molecule has 0 aliphatic carbocycles. The number of rotatable bonds is 7. The van der Waals surface area contributed by atoms with E-state index in [0.29, 0.717) is 18.7 Å². The van der Waals surface area contributed by atoms with E-state index < -0.39 is 5.91 Å². The van der Waals surface area contributed by atoms with Crippen LogP contribution >= 0.6 is 0 Å². The van der Waals surface area contributed by atoms with Crippen LogP contribution in [0.1, 0.15) is 28.9 Å². The Hall–Kier alpha value is -3.61. The summed E-state index contributed by atoms with van der Waals surface area (Å²) in [5, 5.41) is 6.78. The van der Waals surface area contributed by atoms with Crippen molar-refractivity contribution < 1.29 is 14.3 Å². The van der Waals surface area contributed by atoms with E-state index in [1.807, 2.05) is 61.5 Å². The van der Waals surface area contributed by atoms with Gasteiger partial charge in [0.1, 0.15) is 11.4 Å². The van der Waals surface area contributed by atoms with Crippen molar-refractivity contribution in [2.75, 3.05) is 6.61 Å². The number of aromatic amines is 1. The lowest BCUT2D eigenvalue weighted by Gasteiger charge is -2.08. The van der Waals surface area contributed by atoms with Crippen molar-refractivity contribution in [1.29, 1.82) is 0 Å². The highest BCUT2D eigenvalue weighted by Gasteiger charge is 2.11. The first kappa shape index (κ1) is 19.2. The highest BCUT2D eigenvalue weighted by atomic mass is 16.5. The number of hydrogen-bond acceptors (Lipinski definition) is 4. The van der Waals surface area contributed by atoms with Gasteiger partial charge < -0.3 is 4.74 Å². The molecule has 7 nitrogen and oxygen atoms in total. The molecule has 1 heterocycles. The number of aryl methyl sites for hydroxylation is 1. The fraction of sp³-hybridized carbons (Fsp3) is 0.190. The van der Waals surface area contributed by atoms with Crippen LogP contribution in [0.4, 0.5) is 0 Å². The molecule has 7 heteroatoms. The molecule has 2 aromatic carbocycles. The molecule has 0 saturated heterocycles. The van der Waals surface area contributed by atoms with Gasteiger partial charge in [0, 0.05) is 12.0 Å². The molecular formula is C21H22N4O3. The maximum Gasteiger partial charge on any atom is 0.287 e. The zero-order valence-corrected chi connectivity index (χ0v) is 15.6. The Morgan fingerprint density at radius 1 is 1.04 bits per heavy atom. The topological polar surface area (TPSA) is 96.1 Å². The maximum absolute atomic E-state index is 12.1.